The molecule has 1 fully saturated rings. The molecule has 1 aliphatic heterocycles. The number of nitrogens with zero attached hydrogens (tertiary/aromatic N) is 1. The number of rotatable bonds is 1. The van der Waals surface area contributed by atoms with Gasteiger partial charge in [-0.1, -0.05) is 6.92 Å². The topological polar surface area (TPSA) is 20.3 Å². The Kier molecular flexibility index (Phi) is 2.09. The molecule has 0 saturated carbocycles. The van der Waals surface area contributed by atoms with Crippen LogP contribution in [0.1, 0.15) is 20.3 Å². The molecule has 0 aromatic carbocycles. The molecule has 1 unspecified atom stereocenters. The third kappa shape index (κ3) is 1.21. The van der Waals surface area contributed by atoms with Gasteiger partial charge in [0.15, 0.2) is 0 Å². The number of likely N-dealkylation sites (tertiary alicyclic amines) is 1. The Hall–Kier alpha value is -0.370. The minimum atomic E-state index is 0.194. The number of ketones is 1. The lowest BCUT2D eigenvalue weighted by Gasteiger charge is -2.18. The molecule has 0 aromatic rings. The van der Waals surface area contributed by atoms with Crippen LogP contribution < -0.4 is 0 Å². The summed E-state index contributed by atoms with van der Waals surface area (Å²) >= 11 is 0. The highest BCUT2D eigenvalue weighted by atomic mass is 16.1. The smallest absolute Gasteiger partial charge is 0.147 e. The van der Waals surface area contributed by atoms with E-state index in [0.717, 1.165) is 6.54 Å². The van der Waals surface area contributed by atoms with E-state index in [0.29, 0.717) is 11.7 Å². The molecule has 0 aliphatic carbocycles. The number of hydrogen-bond acceptors (Lipinski definition) is 2. The van der Waals surface area contributed by atoms with Crippen LogP contribution in [0.15, 0.2) is 0 Å². The summed E-state index contributed by atoms with van der Waals surface area (Å²) in [6, 6.07) is 0.194. The Labute approximate surface area is 62.2 Å². The number of carbonyl (C=O) groups excluding carboxylic acids is 1. The standard InChI is InChI=1S/C8H15NO/c1-6-4-5-9(3)8(6)7(2)10/h6,8H,4-5H2,1-3H3/t6?,8-/m0/s1. The van der Waals surface area contributed by atoms with Gasteiger partial charge < -0.3 is 0 Å². The fourth-order valence-corrected chi connectivity index (χ4v) is 1.85. The first-order valence-electron chi connectivity index (χ1n) is 3.83. The van der Waals surface area contributed by atoms with Crippen LogP contribution in [0, 0.1) is 5.92 Å². The predicted molar refractivity (Wildman–Crippen MR) is 40.9 cm³/mol. The molecule has 0 bridgehead atoms. The van der Waals surface area contributed by atoms with E-state index in [1.807, 2.05) is 7.05 Å². The van der Waals surface area contributed by atoms with E-state index in [9.17, 15) is 4.79 Å². The summed E-state index contributed by atoms with van der Waals surface area (Å²) in [7, 11) is 2.02. The lowest BCUT2D eigenvalue weighted by Crippen LogP contribution is -2.34. The highest BCUT2D eigenvalue weighted by Crippen LogP contribution is 2.22. The van der Waals surface area contributed by atoms with Crippen molar-refractivity contribution in [3.8, 4) is 0 Å². The van der Waals surface area contributed by atoms with Crippen LogP contribution in [0.25, 0.3) is 0 Å². The van der Waals surface area contributed by atoms with Crippen molar-refractivity contribution in [2.24, 2.45) is 5.92 Å². The van der Waals surface area contributed by atoms with Crippen molar-refractivity contribution in [3.63, 3.8) is 0 Å². The van der Waals surface area contributed by atoms with Gasteiger partial charge in [0.1, 0.15) is 5.78 Å². The van der Waals surface area contributed by atoms with Gasteiger partial charge in [-0.25, -0.2) is 0 Å². The Balaban J connectivity index is 2.63. The zero-order chi connectivity index (χ0) is 7.72. The number of carbonyl (C=O) groups is 1. The molecule has 58 valence electrons. The predicted octanol–water partition coefficient (Wildman–Crippen LogP) is 0.916. The van der Waals surface area contributed by atoms with Crippen LogP contribution in [0.5, 0.6) is 0 Å². The largest absolute Gasteiger partial charge is 0.298 e. The average molecular weight is 141 g/mol. The van der Waals surface area contributed by atoms with E-state index in [1.54, 1.807) is 6.92 Å². The molecule has 0 N–H and O–H groups in total. The maximum atomic E-state index is 11.0. The first kappa shape index (κ1) is 7.73. The highest BCUT2D eigenvalue weighted by Gasteiger charge is 2.31. The second-order valence-electron chi connectivity index (χ2n) is 3.30. The number of hydrogen-bond donors (Lipinski definition) is 0. The molecule has 2 nitrogen and oxygen atoms in total. The molecular weight excluding hydrogens is 126 g/mol. The summed E-state index contributed by atoms with van der Waals surface area (Å²) in [6.07, 6.45) is 1.17. The third-order valence-electron chi connectivity index (χ3n) is 2.37. The van der Waals surface area contributed by atoms with Crippen LogP contribution in [-0.4, -0.2) is 30.3 Å². The van der Waals surface area contributed by atoms with Crippen LogP contribution >= 0.6 is 0 Å². The minimum Gasteiger partial charge on any atom is -0.298 e. The normalized spacial score (nSPS) is 34.7. The molecular formula is C8H15NO. The zero-order valence-electron chi connectivity index (χ0n) is 6.92. The van der Waals surface area contributed by atoms with Crippen LogP contribution in [0.4, 0.5) is 0 Å². The quantitative estimate of drug-likeness (QED) is 0.541. The molecule has 0 spiro atoms. The Morgan fingerprint density at radius 1 is 1.60 bits per heavy atom. The number of Topliss-reactive ketones (excluding diaryl/α,β-unsaturated/α-hetero) is 1. The van der Waals surface area contributed by atoms with Gasteiger partial charge in [-0.3, -0.25) is 9.69 Å². The van der Waals surface area contributed by atoms with Gasteiger partial charge in [0, 0.05) is 0 Å². The van der Waals surface area contributed by atoms with Crippen LogP contribution in [0.3, 0.4) is 0 Å². The SMILES string of the molecule is CC(=O)[C@@H]1C(C)CCN1C. The Morgan fingerprint density at radius 2 is 2.20 bits per heavy atom. The van der Waals surface area contributed by atoms with Crippen molar-refractivity contribution in [3.05, 3.63) is 0 Å². The molecule has 0 amide bonds. The van der Waals surface area contributed by atoms with E-state index < -0.39 is 0 Å². The molecule has 1 heterocycles. The second-order valence-corrected chi connectivity index (χ2v) is 3.30. The van der Waals surface area contributed by atoms with Crippen molar-refractivity contribution >= 4 is 5.78 Å². The fourth-order valence-electron chi connectivity index (χ4n) is 1.85. The molecule has 1 saturated heterocycles. The third-order valence-corrected chi connectivity index (χ3v) is 2.37. The molecule has 1 rings (SSSR count). The van der Waals surface area contributed by atoms with Crippen molar-refractivity contribution in [2.45, 2.75) is 26.3 Å². The van der Waals surface area contributed by atoms with Gasteiger partial charge >= 0.3 is 0 Å². The van der Waals surface area contributed by atoms with Crippen LogP contribution in [0.2, 0.25) is 0 Å². The van der Waals surface area contributed by atoms with Gasteiger partial charge in [-0.05, 0) is 32.9 Å². The monoisotopic (exact) mass is 141 g/mol. The Bertz CT molecular complexity index is 134. The van der Waals surface area contributed by atoms with E-state index in [4.69, 9.17) is 0 Å². The molecule has 2 heteroatoms. The fraction of sp³-hybridized carbons (Fsp3) is 0.875. The highest BCUT2D eigenvalue weighted by molar-refractivity contribution is 5.82. The second kappa shape index (κ2) is 2.70. The maximum absolute atomic E-state index is 11.0. The summed E-state index contributed by atoms with van der Waals surface area (Å²) in [6.45, 7) is 4.91. The first-order chi connectivity index (χ1) is 4.63. The van der Waals surface area contributed by atoms with E-state index in [-0.39, 0.29) is 6.04 Å². The van der Waals surface area contributed by atoms with Crippen molar-refractivity contribution in [1.29, 1.82) is 0 Å². The van der Waals surface area contributed by atoms with Gasteiger partial charge in [0.05, 0.1) is 6.04 Å². The lowest BCUT2D eigenvalue weighted by atomic mass is 10.0. The summed E-state index contributed by atoms with van der Waals surface area (Å²) in [4.78, 5) is 13.2. The summed E-state index contributed by atoms with van der Waals surface area (Å²) in [5, 5.41) is 0. The lowest BCUT2D eigenvalue weighted by molar-refractivity contribution is -0.121. The number of likely N-dealkylation sites (N-methyl/N-ethyl adjacent to an activating group) is 1. The summed E-state index contributed by atoms with van der Waals surface area (Å²) in [5.74, 6) is 0.870. The van der Waals surface area contributed by atoms with Crippen LogP contribution in [-0.2, 0) is 4.79 Å². The van der Waals surface area contributed by atoms with E-state index in [1.165, 1.54) is 6.42 Å². The van der Waals surface area contributed by atoms with Crippen molar-refractivity contribution in [2.75, 3.05) is 13.6 Å². The molecule has 2 atom stereocenters. The summed E-state index contributed by atoms with van der Waals surface area (Å²) in [5.41, 5.74) is 0. The van der Waals surface area contributed by atoms with E-state index in [2.05, 4.69) is 11.8 Å². The maximum Gasteiger partial charge on any atom is 0.147 e. The van der Waals surface area contributed by atoms with Crippen molar-refractivity contribution in [1.82, 2.24) is 4.90 Å². The zero-order valence-corrected chi connectivity index (χ0v) is 6.92. The van der Waals surface area contributed by atoms with E-state index >= 15 is 0 Å². The molecule has 10 heavy (non-hydrogen) atoms. The molecule has 0 aromatic heterocycles. The van der Waals surface area contributed by atoms with Crippen molar-refractivity contribution < 1.29 is 4.79 Å². The van der Waals surface area contributed by atoms with Gasteiger partial charge in [0.25, 0.3) is 0 Å². The molecule has 1 aliphatic rings. The first-order valence-corrected chi connectivity index (χ1v) is 3.83. The average Bonchev–Trinajstić information content (AvgIpc) is 2.11. The van der Waals surface area contributed by atoms with Gasteiger partial charge in [-0.15, -0.1) is 0 Å². The van der Waals surface area contributed by atoms with Gasteiger partial charge in [0.2, 0.25) is 0 Å². The Morgan fingerprint density at radius 3 is 2.40 bits per heavy atom. The summed E-state index contributed by atoms with van der Waals surface area (Å²) < 4.78 is 0. The molecule has 0 radical (unpaired) electrons. The van der Waals surface area contributed by atoms with Gasteiger partial charge in [-0.2, -0.15) is 0 Å². The minimum absolute atomic E-state index is 0.194.